The van der Waals surface area contributed by atoms with Gasteiger partial charge < -0.3 is 4.74 Å². The van der Waals surface area contributed by atoms with Crippen molar-refractivity contribution in [3.05, 3.63) is 29.8 Å². The van der Waals surface area contributed by atoms with Crippen molar-refractivity contribution in [1.29, 1.82) is 5.26 Å². The summed E-state index contributed by atoms with van der Waals surface area (Å²) < 4.78 is 5.10. The fourth-order valence-electron chi connectivity index (χ4n) is 1.27. The third-order valence-electron chi connectivity index (χ3n) is 2.37. The van der Waals surface area contributed by atoms with Crippen molar-refractivity contribution in [2.24, 2.45) is 0 Å². The predicted octanol–water partition coefficient (Wildman–Crippen LogP) is 2.76. The Morgan fingerprint density at radius 2 is 2.00 bits per heavy atom. The molecule has 0 N–H and O–H groups in total. The van der Waals surface area contributed by atoms with Crippen molar-refractivity contribution in [2.75, 3.05) is 13.6 Å². The van der Waals surface area contributed by atoms with Gasteiger partial charge in [0.1, 0.15) is 12.3 Å². The summed E-state index contributed by atoms with van der Waals surface area (Å²) in [7, 11) is 1.52. The van der Waals surface area contributed by atoms with Gasteiger partial charge in [0.2, 0.25) is 0 Å². The van der Waals surface area contributed by atoms with Crippen molar-refractivity contribution in [3.8, 4) is 11.8 Å². The molecule has 0 aliphatic rings. The summed E-state index contributed by atoms with van der Waals surface area (Å²) in [5, 5.41) is 8.45. The van der Waals surface area contributed by atoms with Crippen LogP contribution in [0.25, 0.3) is 0 Å². The first kappa shape index (κ1) is 13.0. The maximum Gasteiger partial charge on any atom is 0.415 e. The van der Waals surface area contributed by atoms with Gasteiger partial charge in [-0.15, -0.1) is 0 Å². The second-order valence-electron chi connectivity index (χ2n) is 4.11. The van der Waals surface area contributed by atoms with E-state index < -0.39 is 6.09 Å². The van der Waals surface area contributed by atoms with Crippen LogP contribution in [-0.2, 0) is 0 Å². The highest BCUT2D eigenvalue weighted by Gasteiger charge is 2.10. The molecule has 0 aliphatic heterocycles. The van der Waals surface area contributed by atoms with Crippen molar-refractivity contribution >= 4 is 6.09 Å². The smallest absolute Gasteiger partial charge is 0.410 e. The molecule has 0 saturated carbocycles. The van der Waals surface area contributed by atoms with Crippen LogP contribution in [0.4, 0.5) is 4.79 Å². The topological polar surface area (TPSA) is 53.3 Å². The Morgan fingerprint density at radius 3 is 2.47 bits per heavy atom. The molecule has 0 aromatic heterocycles. The van der Waals surface area contributed by atoms with Gasteiger partial charge in [0.25, 0.3) is 0 Å². The minimum absolute atomic E-state index is 0.0168. The van der Waals surface area contributed by atoms with E-state index in [-0.39, 0.29) is 6.54 Å². The molecule has 90 valence electrons. The molecule has 0 bridgehead atoms. The quantitative estimate of drug-likeness (QED) is 0.753. The van der Waals surface area contributed by atoms with E-state index in [0.717, 1.165) is 0 Å². The Bertz CT molecular complexity index is 418. The molecule has 0 unspecified atom stereocenters. The molecule has 0 spiro atoms. The van der Waals surface area contributed by atoms with Gasteiger partial charge in [0, 0.05) is 7.05 Å². The fourth-order valence-corrected chi connectivity index (χ4v) is 1.27. The molecular weight excluding hydrogens is 216 g/mol. The Hall–Kier alpha value is -2.02. The molecule has 1 rings (SSSR count). The van der Waals surface area contributed by atoms with Gasteiger partial charge in [0.05, 0.1) is 6.07 Å². The molecule has 1 aromatic rings. The predicted molar refractivity (Wildman–Crippen MR) is 64.8 cm³/mol. The minimum atomic E-state index is -0.524. The van der Waals surface area contributed by atoms with Crippen LogP contribution in [0.3, 0.4) is 0 Å². The van der Waals surface area contributed by atoms with E-state index >= 15 is 0 Å². The van der Waals surface area contributed by atoms with Crippen LogP contribution in [-0.4, -0.2) is 24.6 Å². The van der Waals surface area contributed by atoms with Crippen molar-refractivity contribution in [1.82, 2.24) is 4.90 Å². The summed E-state index contributed by atoms with van der Waals surface area (Å²) in [6.45, 7) is 4.21. The molecule has 1 aromatic carbocycles. The van der Waals surface area contributed by atoms with Gasteiger partial charge in [-0.05, 0) is 23.6 Å². The van der Waals surface area contributed by atoms with E-state index in [4.69, 9.17) is 10.00 Å². The molecule has 1 amide bonds. The number of amides is 1. The van der Waals surface area contributed by atoms with Crippen molar-refractivity contribution in [3.63, 3.8) is 0 Å². The molecule has 0 aliphatic carbocycles. The number of nitriles is 1. The van der Waals surface area contributed by atoms with Crippen LogP contribution in [0.1, 0.15) is 25.3 Å². The summed E-state index contributed by atoms with van der Waals surface area (Å²) in [5.74, 6) is 0.935. The van der Waals surface area contributed by atoms with E-state index in [0.29, 0.717) is 11.7 Å². The first-order valence-corrected chi connectivity index (χ1v) is 5.44. The third-order valence-corrected chi connectivity index (χ3v) is 2.37. The molecule has 4 nitrogen and oxygen atoms in total. The lowest BCUT2D eigenvalue weighted by molar-refractivity contribution is 0.168. The number of rotatable bonds is 3. The zero-order valence-electron chi connectivity index (χ0n) is 10.3. The molecule has 0 fully saturated rings. The zero-order valence-corrected chi connectivity index (χ0v) is 10.3. The first-order chi connectivity index (χ1) is 8.04. The zero-order chi connectivity index (χ0) is 12.8. The number of carbonyl (C=O) groups excluding carboxylic acids is 1. The summed E-state index contributed by atoms with van der Waals surface area (Å²) in [6, 6.07) is 9.25. The monoisotopic (exact) mass is 232 g/mol. The van der Waals surface area contributed by atoms with Gasteiger partial charge in [-0.1, -0.05) is 26.0 Å². The number of ether oxygens (including phenoxy) is 1. The van der Waals surface area contributed by atoms with Gasteiger partial charge in [-0.3, -0.25) is 4.90 Å². The SMILES string of the molecule is CC(C)c1ccc(OC(=O)N(C)CC#N)cc1. The van der Waals surface area contributed by atoms with Gasteiger partial charge >= 0.3 is 6.09 Å². The molecular formula is C13H16N2O2. The number of carbonyl (C=O) groups is 1. The number of benzene rings is 1. The van der Waals surface area contributed by atoms with E-state index in [1.54, 1.807) is 12.1 Å². The molecule has 0 radical (unpaired) electrons. The van der Waals surface area contributed by atoms with Gasteiger partial charge in [0.15, 0.2) is 0 Å². The Labute approximate surface area is 101 Å². The summed E-state index contributed by atoms with van der Waals surface area (Å²) in [4.78, 5) is 12.7. The average molecular weight is 232 g/mol. The molecule has 0 atom stereocenters. The molecule has 0 saturated heterocycles. The third kappa shape index (κ3) is 3.80. The number of hydrogen-bond acceptors (Lipinski definition) is 3. The van der Waals surface area contributed by atoms with Crippen LogP contribution in [0.2, 0.25) is 0 Å². The summed E-state index contributed by atoms with van der Waals surface area (Å²) in [5.41, 5.74) is 1.19. The lowest BCUT2D eigenvalue weighted by Gasteiger charge is -2.13. The van der Waals surface area contributed by atoms with Crippen LogP contribution in [0.5, 0.6) is 5.75 Å². The van der Waals surface area contributed by atoms with Crippen molar-refractivity contribution in [2.45, 2.75) is 19.8 Å². The second kappa shape index (κ2) is 5.90. The molecule has 17 heavy (non-hydrogen) atoms. The number of hydrogen-bond donors (Lipinski definition) is 0. The summed E-state index contributed by atoms with van der Waals surface area (Å²) >= 11 is 0. The van der Waals surface area contributed by atoms with Crippen LogP contribution < -0.4 is 4.74 Å². The van der Waals surface area contributed by atoms with Crippen LogP contribution in [0, 0.1) is 11.3 Å². The van der Waals surface area contributed by atoms with Crippen LogP contribution >= 0.6 is 0 Å². The highest BCUT2D eigenvalue weighted by Crippen LogP contribution is 2.18. The standard InChI is InChI=1S/C13H16N2O2/c1-10(2)11-4-6-12(7-5-11)17-13(16)15(3)9-8-14/h4-7,10H,9H2,1-3H3. The second-order valence-corrected chi connectivity index (χ2v) is 4.11. The van der Waals surface area contributed by atoms with E-state index in [9.17, 15) is 4.79 Å². The van der Waals surface area contributed by atoms with Gasteiger partial charge in [-0.25, -0.2) is 4.79 Å². The Balaban J connectivity index is 2.64. The Morgan fingerprint density at radius 1 is 1.41 bits per heavy atom. The van der Waals surface area contributed by atoms with Crippen molar-refractivity contribution < 1.29 is 9.53 Å². The minimum Gasteiger partial charge on any atom is -0.410 e. The van der Waals surface area contributed by atoms with E-state index in [1.807, 2.05) is 18.2 Å². The van der Waals surface area contributed by atoms with E-state index in [2.05, 4.69) is 13.8 Å². The fraction of sp³-hybridized carbons (Fsp3) is 0.385. The lowest BCUT2D eigenvalue weighted by Crippen LogP contribution is -2.29. The Kier molecular flexibility index (Phi) is 4.53. The maximum atomic E-state index is 11.5. The number of nitrogens with zero attached hydrogens (tertiary/aromatic N) is 2. The largest absolute Gasteiger partial charge is 0.415 e. The van der Waals surface area contributed by atoms with E-state index in [1.165, 1.54) is 17.5 Å². The highest BCUT2D eigenvalue weighted by atomic mass is 16.6. The normalized spacial score (nSPS) is 9.82. The first-order valence-electron chi connectivity index (χ1n) is 5.44. The van der Waals surface area contributed by atoms with Gasteiger partial charge in [-0.2, -0.15) is 5.26 Å². The summed E-state index contributed by atoms with van der Waals surface area (Å²) in [6.07, 6.45) is -0.524. The lowest BCUT2D eigenvalue weighted by atomic mass is 10.0. The highest BCUT2D eigenvalue weighted by molar-refractivity contribution is 5.70. The molecule has 4 heteroatoms. The average Bonchev–Trinajstić information content (AvgIpc) is 2.30. The maximum absolute atomic E-state index is 11.5. The van der Waals surface area contributed by atoms with Crippen LogP contribution in [0.15, 0.2) is 24.3 Å². The molecule has 0 heterocycles.